The summed E-state index contributed by atoms with van der Waals surface area (Å²) in [6.45, 7) is -1.06. The number of benzene rings is 1. The number of anilines is 1. The van der Waals surface area contributed by atoms with Crippen molar-refractivity contribution in [2.24, 2.45) is 0 Å². The average molecular weight is 280 g/mol. The van der Waals surface area contributed by atoms with Crippen LogP contribution in [0.5, 0.6) is 5.75 Å². The minimum absolute atomic E-state index is 0.0381. The van der Waals surface area contributed by atoms with E-state index in [1.807, 2.05) is 0 Å². The van der Waals surface area contributed by atoms with Crippen molar-refractivity contribution in [1.82, 2.24) is 0 Å². The molecule has 0 aromatic heterocycles. The van der Waals surface area contributed by atoms with Gasteiger partial charge in [0, 0.05) is 11.8 Å². The fraction of sp³-hybridized carbons (Fsp3) is 0.364. The monoisotopic (exact) mass is 279 g/mol. The summed E-state index contributed by atoms with van der Waals surface area (Å²) in [6.07, 6.45) is -0.0750. The van der Waals surface area contributed by atoms with Crippen LogP contribution < -0.4 is 10.5 Å². The van der Waals surface area contributed by atoms with Gasteiger partial charge in [0.1, 0.15) is 5.75 Å². The summed E-state index contributed by atoms with van der Waals surface area (Å²) in [5.41, 5.74) is 6.16. The van der Waals surface area contributed by atoms with E-state index < -0.39 is 12.6 Å². The van der Waals surface area contributed by atoms with E-state index in [1.54, 1.807) is 6.92 Å². The van der Waals surface area contributed by atoms with Gasteiger partial charge in [-0.1, -0.05) is 11.6 Å². The van der Waals surface area contributed by atoms with Gasteiger partial charge in [-0.2, -0.15) is 8.78 Å². The molecular weight excluding hydrogens is 268 g/mol. The van der Waals surface area contributed by atoms with Gasteiger partial charge >= 0.3 is 12.6 Å². The Labute approximate surface area is 108 Å². The van der Waals surface area contributed by atoms with Crippen LogP contribution in [0.1, 0.15) is 12.5 Å². The number of carbonyl (C=O) groups is 1. The van der Waals surface area contributed by atoms with Crippen LogP contribution in [0, 0.1) is 0 Å². The van der Waals surface area contributed by atoms with Crippen LogP contribution in [0.4, 0.5) is 14.5 Å². The third-order valence-electron chi connectivity index (χ3n) is 2.05. The van der Waals surface area contributed by atoms with Crippen molar-refractivity contribution in [2.45, 2.75) is 20.0 Å². The van der Waals surface area contributed by atoms with E-state index in [2.05, 4.69) is 4.74 Å². The van der Waals surface area contributed by atoms with Crippen molar-refractivity contribution in [3.05, 3.63) is 22.7 Å². The molecule has 0 bridgehead atoms. The van der Waals surface area contributed by atoms with Gasteiger partial charge in [-0.25, -0.2) is 0 Å². The van der Waals surface area contributed by atoms with Crippen molar-refractivity contribution in [2.75, 3.05) is 12.3 Å². The van der Waals surface area contributed by atoms with Crippen LogP contribution in [-0.4, -0.2) is 19.2 Å². The van der Waals surface area contributed by atoms with Crippen LogP contribution in [0.15, 0.2) is 12.1 Å². The molecule has 1 rings (SSSR count). The molecule has 1 aromatic carbocycles. The molecule has 0 saturated heterocycles. The van der Waals surface area contributed by atoms with Crippen LogP contribution in [-0.2, 0) is 16.0 Å². The van der Waals surface area contributed by atoms with Crippen LogP contribution in [0.25, 0.3) is 0 Å². The molecule has 1 aromatic rings. The largest absolute Gasteiger partial charge is 0.466 e. The molecule has 4 nitrogen and oxygen atoms in total. The first-order valence-corrected chi connectivity index (χ1v) is 5.50. The number of halogens is 3. The van der Waals surface area contributed by atoms with E-state index in [9.17, 15) is 13.6 Å². The zero-order chi connectivity index (χ0) is 13.7. The Bertz CT molecular complexity index is 441. The summed E-state index contributed by atoms with van der Waals surface area (Å²) in [4.78, 5) is 11.3. The lowest BCUT2D eigenvalue weighted by atomic mass is 10.1. The lowest BCUT2D eigenvalue weighted by Gasteiger charge is -2.11. The fourth-order valence-electron chi connectivity index (χ4n) is 1.32. The molecule has 0 aliphatic rings. The summed E-state index contributed by atoms with van der Waals surface area (Å²) < 4.78 is 33.0. The second-order valence-electron chi connectivity index (χ2n) is 3.34. The summed E-state index contributed by atoms with van der Waals surface area (Å²) in [7, 11) is 0. The second-order valence-corrected chi connectivity index (χ2v) is 3.75. The maximum Gasteiger partial charge on any atom is 0.387 e. The van der Waals surface area contributed by atoms with Crippen molar-refractivity contribution >= 4 is 23.3 Å². The number of hydrogen-bond donors (Lipinski definition) is 1. The highest BCUT2D eigenvalue weighted by atomic mass is 35.5. The highest BCUT2D eigenvalue weighted by Gasteiger charge is 2.14. The van der Waals surface area contributed by atoms with Gasteiger partial charge < -0.3 is 15.2 Å². The highest BCUT2D eigenvalue weighted by molar-refractivity contribution is 6.32. The molecule has 7 heteroatoms. The molecule has 0 aliphatic heterocycles. The minimum Gasteiger partial charge on any atom is -0.466 e. The lowest BCUT2D eigenvalue weighted by molar-refractivity contribution is -0.142. The van der Waals surface area contributed by atoms with Crippen molar-refractivity contribution < 1.29 is 23.0 Å². The summed E-state index contributed by atoms with van der Waals surface area (Å²) in [5.74, 6) is -0.695. The number of carbonyl (C=O) groups excluding carboxylic acids is 1. The Morgan fingerprint density at radius 1 is 1.50 bits per heavy atom. The normalized spacial score (nSPS) is 10.5. The zero-order valence-corrected chi connectivity index (χ0v) is 10.3. The molecule has 0 spiro atoms. The zero-order valence-electron chi connectivity index (χ0n) is 9.58. The van der Waals surface area contributed by atoms with E-state index in [0.717, 1.165) is 6.07 Å². The number of rotatable bonds is 5. The van der Waals surface area contributed by atoms with E-state index in [4.69, 9.17) is 22.1 Å². The Morgan fingerprint density at radius 2 is 2.17 bits per heavy atom. The number of hydrogen-bond acceptors (Lipinski definition) is 4. The Morgan fingerprint density at radius 3 is 2.72 bits per heavy atom. The maximum atomic E-state index is 12.0. The van der Waals surface area contributed by atoms with Crippen molar-refractivity contribution in [3.8, 4) is 5.75 Å². The Kier molecular flexibility index (Phi) is 5.15. The molecule has 0 unspecified atom stereocenters. The molecule has 2 N–H and O–H groups in total. The van der Waals surface area contributed by atoms with Gasteiger partial charge in [0.15, 0.2) is 0 Å². The maximum absolute atomic E-state index is 12.0. The number of esters is 1. The molecule has 0 aliphatic carbocycles. The fourth-order valence-corrected chi connectivity index (χ4v) is 1.55. The topological polar surface area (TPSA) is 61.5 Å². The molecule has 100 valence electrons. The lowest BCUT2D eigenvalue weighted by Crippen LogP contribution is -2.10. The molecule has 0 radical (unpaired) electrons. The van der Waals surface area contributed by atoms with Gasteiger partial charge in [0.05, 0.1) is 18.1 Å². The van der Waals surface area contributed by atoms with Gasteiger partial charge in [-0.15, -0.1) is 0 Å². The van der Waals surface area contributed by atoms with Gasteiger partial charge in [0.25, 0.3) is 0 Å². The van der Waals surface area contributed by atoms with Crippen LogP contribution >= 0.6 is 11.6 Å². The Hall–Kier alpha value is -1.56. The predicted molar refractivity (Wildman–Crippen MR) is 62.8 cm³/mol. The predicted octanol–water partition coefficient (Wildman–Crippen LogP) is 2.63. The molecule has 0 heterocycles. The standard InChI is InChI=1S/C11H12ClF2NO3/c1-2-17-10(16)4-6-3-7(12)9(5-8(6)15)18-11(13)14/h3,5,11H,2,4,15H2,1H3. The van der Waals surface area contributed by atoms with E-state index >= 15 is 0 Å². The first kappa shape index (κ1) is 14.5. The number of nitrogen functional groups attached to an aromatic ring is 1. The highest BCUT2D eigenvalue weighted by Crippen LogP contribution is 2.31. The smallest absolute Gasteiger partial charge is 0.387 e. The van der Waals surface area contributed by atoms with Crippen LogP contribution in [0.2, 0.25) is 5.02 Å². The van der Waals surface area contributed by atoms with Crippen LogP contribution in [0.3, 0.4) is 0 Å². The van der Waals surface area contributed by atoms with Gasteiger partial charge in [0.2, 0.25) is 0 Å². The molecule has 0 fully saturated rings. The van der Waals surface area contributed by atoms with E-state index in [1.165, 1.54) is 6.07 Å². The third kappa shape index (κ3) is 4.03. The molecule has 0 amide bonds. The molecule has 0 atom stereocenters. The number of ether oxygens (including phenoxy) is 2. The Balaban J connectivity index is 2.89. The first-order valence-electron chi connectivity index (χ1n) is 5.12. The number of alkyl halides is 2. The SMILES string of the molecule is CCOC(=O)Cc1cc(Cl)c(OC(F)F)cc1N. The first-order chi connectivity index (χ1) is 8.43. The molecule has 18 heavy (non-hydrogen) atoms. The molecular formula is C11H12ClF2NO3. The van der Waals surface area contributed by atoms with Crippen molar-refractivity contribution in [3.63, 3.8) is 0 Å². The second kappa shape index (κ2) is 6.39. The van der Waals surface area contributed by atoms with E-state index in [-0.39, 0.29) is 29.5 Å². The summed E-state index contributed by atoms with van der Waals surface area (Å²) in [6, 6.07) is 2.47. The summed E-state index contributed by atoms with van der Waals surface area (Å²) >= 11 is 5.74. The third-order valence-corrected chi connectivity index (χ3v) is 2.35. The van der Waals surface area contributed by atoms with Crippen molar-refractivity contribution in [1.29, 1.82) is 0 Å². The number of nitrogens with two attached hydrogens (primary N) is 1. The molecule has 0 saturated carbocycles. The van der Waals surface area contributed by atoms with Gasteiger partial charge in [-0.3, -0.25) is 4.79 Å². The summed E-state index contributed by atoms with van der Waals surface area (Å²) in [5, 5.41) is -0.0381. The quantitative estimate of drug-likeness (QED) is 0.665. The average Bonchev–Trinajstić information content (AvgIpc) is 2.25. The van der Waals surface area contributed by atoms with E-state index in [0.29, 0.717) is 5.56 Å². The van der Waals surface area contributed by atoms with Gasteiger partial charge in [-0.05, 0) is 18.6 Å². The minimum atomic E-state index is -2.99.